The predicted octanol–water partition coefficient (Wildman–Crippen LogP) is 1.61. The van der Waals surface area contributed by atoms with Crippen LogP contribution in [-0.4, -0.2) is 76.1 Å². The Hall–Kier alpha value is -0.850. The van der Waals surface area contributed by atoms with E-state index in [1.54, 1.807) is 0 Å². The number of nitrogens with one attached hydrogen (secondary N) is 2. The maximum Gasteiger partial charge on any atom is 0.191 e. The lowest BCUT2D eigenvalue weighted by atomic mass is 10.1. The van der Waals surface area contributed by atoms with Crippen LogP contribution >= 0.6 is 0 Å². The Morgan fingerprint density at radius 3 is 2.71 bits per heavy atom. The molecule has 2 N–H and O–H groups in total. The molecule has 0 radical (unpaired) electrons. The average Bonchev–Trinajstić information content (AvgIpc) is 2.85. The number of hydrogen-bond donors (Lipinski definition) is 2. The van der Waals surface area contributed by atoms with E-state index in [0.29, 0.717) is 12.6 Å². The molecule has 0 amide bonds. The topological polar surface area (TPSA) is 58.1 Å². The Labute approximate surface area is 147 Å². The Morgan fingerprint density at radius 2 is 2.00 bits per heavy atom. The van der Waals surface area contributed by atoms with Gasteiger partial charge in [-0.3, -0.25) is 4.99 Å². The van der Waals surface area contributed by atoms with Crippen LogP contribution in [0.1, 0.15) is 45.4 Å². The summed E-state index contributed by atoms with van der Waals surface area (Å²) in [6.07, 6.45) is 8.47. The second-order valence-electron chi connectivity index (χ2n) is 6.89. The number of aliphatic imine (C=N–C) groups is 1. The largest absolute Gasteiger partial charge is 0.376 e. The molecule has 0 bridgehead atoms. The van der Waals surface area contributed by atoms with Gasteiger partial charge in [-0.1, -0.05) is 25.7 Å². The van der Waals surface area contributed by atoms with Crippen LogP contribution < -0.4 is 10.6 Å². The highest BCUT2D eigenvalue weighted by molar-refractivity contribution is 5.79. The van der Waals surface area contributed by atoms with E-state index in [0.717, 1.165) is 45.4 Å². The van der Waals surface area contributed by atoms with Crippen molar-refractivity contribution in [1.29, 1.82) is 0 Å². The molecule has 6 heteroatoms. The molecule has 1 atom stereocenters. The molecule has 2 aliphatic rings. The Kier molecular flexibility index (Phi) is 9.46. The SMILES string of the molecule is CCNC(=NCC1CN(C)CCO1)NCCOC1CCCCCC1. The van der Waals surface area contributed by atoms with E-state index in [1.165, 1.54) is 38.5 Å². The van der Waals surface area contributed by atoms with Crippen molar-refractivity contribution in [3.8, 4) is 0 Å². The highest BCUT2D eigenvalue weighted by Gasteiger charge is 2.17. The Balaban J connectivity index is 1.65. The van der Waals surface area contributed by atoms with Crippen molar-refractivity contribution in [1.82, 2.24) is 15.5 Å². The summed E-state index contributed by atoms with van der Waals surface area (Å²) in [5, 5.41) is 6.67. The van der Waals surface area contributed by atoms with Crippen LogP contribution in [0.15, 0.2) is 4.99 Å². The number of guanidine groups is 1. The number of morpholine rings is 1. The van der Waals surface area contributed by atoms with Crippen molar-refractivity contribution in [2.75, 3.05) is 53.0 Å². The van der Waals surface area contributed by atoms with E-state index in [2.05, 4.69) is 34.5 Å². The van der Waals surface area contributed by atoms with Crippen LogP contribution in [0.5, 0.6) is 0 Å². The molecule has 0 aromatic rings. The van der Waals surface area contributed by atoms with Crippen LogP contribution in [0.4, 0.5) is 0 Å². The van der Waals surface area contributed by atoms with Gasteiger partial charge in [-0.25, -0.2) is 0 Å². The van der Waals surface area contributed by atoms with E-state index in [1.807, 2.05) is 0 Å². The third-order valence-electron chi connectivity index (χ3n) is 4.69. The first kappa shape index (κ1) is 19.5. The van der Waals surface area contributed by atoms with Crippen LogP contribution in [0.3, 0.4) is 0 Å². The van der Waals surface area contributed by atoms with Gasteiger partial charge in [0.2, 0.25) is 0 Å². The molecule has 140 valence electrons. The van der Waals surface area contributed by atoms with E-state index >= 15 is 0 Å². The molecule has 1 saturated carbocycles. The summed E-state index contributed by atoms with van der Waals surface area (Å²) in [6, 6.07) is 0. The maximum atomic E-state index is 6.02. The monoisotopic (exact) mass is 340 g/mol. The minimum atomic E-state index is 0.196. The van der Waals surface area contributed by atoms with E-state index in [9.17, 15) is 0 Å². The van der Waals surface area contributed by atoms with Gasteiger partial charge in [-0.2, -0.15) is 0 Å². The van der Waals surface area contributed by atoms with Gasteiger partial charge in [0, 0.05) is 26.2 Å². The van der Waals surface area contributed by atoms with E-state index in [-0.39, 0.29) is 6.10 Å². The highest BCUT2D eigenvalue weighted by Crippen LogP contribution is 2.19. The number of rotatable bonds is 7. The zero-order valence-electron chi connectivity index (χ0n) is 15.6. The van der Waals surface area contributed by atoms with Gasteiger partial charge in [0.1, 0.15) is 0 Å². The normalized spacial score (nSPS) is 24.6. The molecule has 1 aliphatic heterocycles. The van der Waals surface area contributed by atoms with Gasteiger partial charge in [-0.05, 0) is 26.8 Å². The quantitative estimate of drug-likeness (QED) is 0.319. The zero-order chi connectivity index (χ0) is 17.0. The lowest BCUT2D eigenvalue weighted by Gasteiger charge is -2.29. The number of ether oxygens (including phenoxy) is 2. The smallest absolute Gasteiger partial charge is 0.191 e. The van der Waals surface area contributed by atoms with Gasteiger partial charge in [0.05, 0.1) is 32.0 Å². The molecular formula is C18H36N4O2. The molecule has 1 heterocycles. The van der Waals surface area contributed by atoms with Crippen LogP contribution in [0, 0.1) is 0 Å². The predicted molar refractivity (Wildman–Crippen MR) is 98.7 cm³/mol. The highest BCUT2D eigenvalue weighted by atomic mass is 16.5. The average molecular weight is 341 g/mol. The summed E-state index contributed by atoms with van der Waals surface area (Å²) >= 11 is 0. The first-order chi connectivity index (χ1) is 11.8. The van der Waals surface area contributed by atoms with E-state index < -0.39 is 0 Å². The zero-order valence-corrected chi connectivity index (χ0v) is 15.6. The second kappa shape index (κ2) is 11.7. The van der Waals surface area contributed by atoms with Crippen molar-refractivity contribution in [2.24, 2.45) is 4.99 Å². The molecule has 2 fully saturated rings. The molecule has 0 aromatic carbocycles. The lowest BCUT2D eigenvalue weighted by Crippen LogP contribution is -2.43. The maximum absolute atomic E-state index is 6.02. The van der Waals surface area contributed by atoms with Crippen LogP contribution in [0.25, 0.3) is 0 Å². The van der Waals surface area contributed by atoms with Gasteiger partial charge in [0.25, 0.3) is 0 Å². The van der Waals surface area contributed by atoms with Crippen LogP contribution in [0.2, 0.25) is 0 Å². The second-order valence-corrected chi connectivity index (χ2v) is 6.89. The molecule has 0 aromatic heterocycles. The number of hydrogen-bond acceptors (Lipinski definition) is 4. The molecule has 2 rings (SSSR count). The van der Waals surface area contributed by atoms with Gasteiger partial charge in [-0.15, -0.1) is 0 Å². The van der Waals surface area contributed by atoms with Gasteiger partial charge in [0.15, 0.2) is 5.96 Å². The first-order valence-electron chi connectivity index (χ1n) is 9.72. The third-order valence-corrected chi connectivity index (χ3v) is 4.69. The Bertz CT molecular complexity index is 357. The fourth-order valence-corrected chi connectivity index (χ4v) is 3.32. The van der Waals surface area contributed by atoms with Gasteiger partial charge >= 0.3 is 0 Å². The summed E-state index contributed by atoms with van der Waals surface area (Å²) in [7, 11) is 2.13. The van der Waals surface area contributed by atoms with Crippen molar-refractivity contribution >= 4 is 5.96 Å². The molecule has 1 aliphatic carbocycles. The summed E-state index contributed by atoms with van der Waals surface area (Å²) in [6.45, 7) is 7.96. The summed E-state index contributed by atoms with van der Waals surface area (Å²) < 4.78 is 11.8. The fourth-order valence-electron chi connectivity index (χ4n) is 3.32. The molecule has 1 unspecified atom stereocenters. The van der Waals surface area contributed by atoms with Crippen molar-refractivity contribution in [2.45, 2.75) is 57.7 Å². The minimum absolute atomic E-state index is 0.196. The molecule has 6 nitrogen and oxygen atoms in total. The summed E-state index contributed by atoms with van der Waals surface area (Å²) in [4.78, 5) is 6.95. The van der Waals surface area contributed by atoms with Crippen molar-refractivity contribution in [3.63, 3.8) is 0 Å². The Morgan fingerprint density at radius 1 is 1.21 bits per heavy atom. The van der Waals surface area contributed by atoms with E-state index in [4.69, 9.17) is 9.47 Å². The van der Waals surface area contributed by atoms with Crippen LogP contribution in [-0.2, 0) is 9.47 Å². The van der Waals surface area contributed by atoms with Crippen molar-refractivity contribution < 1.29 is 9.47 Å². The fraction of sp³-hybridized carbons (Fsp3) is 0.944. The first-order valence-corrected chi connectivity index (χ1v) is 9.72. The lowest BCUT2D eigenvalue weighted by molar-refractivity contribution is -0.0136. The number of nitrogens with zero attached hydrogens (tertiary/aromatic N) is 2. The molecule has 1 saturated heterocycles. The number of likely N-dealkylation sites (N-methyl/N-ethyl adjacent to an activating group) is 1. The standard InChI is InChI=1S/C18H36N4O2/c1-3-19-18(21-14-17-15-22(2)11-13-24-17)20-10-12-23-16-8-6-4-5-7-9-16/h16-17H,3-15H2,1-2H3,(H2,19,20,21). The summed E-state index contributed by atoms with van der Waals surface area (Å²) in [5.74, 6) is 0.860. The van der Waals surface area contributed by atoms with Gasteiger partial charge < -0.3 is 25.0 Å². The molecular weight excluding hydrogens is 304 g/mol. The minimum Gasteiger partial charge on any atom is -0.376 e. The third kappa shape index (κ3) is 7.81. The molecule has 0 spiro atoms. The van der Waals surface area contributed by atoms with Crippen molar-refractivity contribution in [3.05, 3.63) is 0 Å². The molecule has 24 heavy (non-hydrogen) atoms. The summed E-state index contributed by atoms with van der Waals surface area (Å²) in [5.41, 5.74) is 0.